The molecule has 2 aromatic rings. The maximum atomic E-state index is 13.3. The van der Waals surface area contributed by atoms with Gasteiger partial charge in [-0.1, -0.05) is 26.0 Å². The minimum absolute atomic E-state index is 0.0686. The lowest BCUT2D eigenvalue weighted by Gasteiger charge is -2.32. The molecule has 4 nitrogen and oxygen atoms in total. The molecule has 0 bridgehead atoms. The first-order valence-electron chi connectivity index (χ1n) is 8.00. The van der Waals surface area contributed by atoms with Crippen LogP contribution in [0.1, 0.15) is 46.5 Å². The summed E-state index contributed by atoms with van der Waals surface area (Å²) < 4.78 is 18.1. The van der Waals surface area contributed by atoms with Gasteiger partial charge in [0.05, 0.1) is 7.11 Å². The number of esters is 1. The third kappa shape index (κ3) is 3.02. The number of benzene rings is 2. The Morgan fingerprint density at radius 1 is 1.16 bits per heavy atom. The fourth-order valence-corrected chi connectivity index (χ4v) is 3.50. The molecule has 0 heterocycles. The van der Waals surface area contributed by atoms with Crippen molar-refractivity contribution in [2.45, 2.75) is 26.7 Å². The van der Waals surface area contributed by atoms with E-state index in [2.05, 4.69) is 0 Å². The standard InChI is InChI=1S/C20H19FO4/c1-20(2)9-12-8-14(22)18(19(24)25-3)17(16(12)15(23)10-20)11-4-6-13(21)7-5-11/h4-8,22H,9-10H2,1-3H3. The van der Waals surface area contributed by atoms with Crippen LogP contribution in [0, 0.1) is 11.2 Å². The average molecular weight is 342 g/mol. The van der Waals surface area contributed by atoms with Crippen LogP contribution in [0.25, 0.3) is 11.1 Å². The van der Waals surface area contributed by atoms with Crippen molar-refractivity contribution in [1.29, 1.82) is 0 Å². The zero-order chi connectivity index (χ0) is 18.4. The second-order valence-corrected chi connectivity index (χ2v) is 7.12. The summed E-state index contributed by atoms with van der Waals surface area (Å²) in [6.45, 7) is 3.97. The van der Waals surface area contributed by atoms with Gasteiger partial charge >= 0.3 is 5.97 Å². The first-order chi connectivity index (χ1) is 11.7. The first kappa shape index (κ1) is 17.1. The van der Waals surface area contributed by atoms with E-state index in [-0.39, 0.29) is 22.5 Å². The summed E-state index contributed by atoms with van der Waals surface area (Å²) in [5.41, 5.74) is 1.59. The summed E-state index contributed by atoms with van der Waals surface area (Å²) in [6, 6.07) is 6.95. The van der Waals surface area contributed by atoms with Crippen LogP contribution in [0.2, 0.25) is 0 Å². The Morgan fingerprint density at radius 3 is 2.40 bits per heavy atom. The van der Waals surface area contributed by atoms with Crippen LogP contribution in [0.3, 0.4) is 0 Å². The van der Waals surface area contributed by atoms with Crippen LogP contribution in [0.15, 0.2) is 30.3 Å². The van der Waals surface area contributed by atoms with Gasteiger partial charge in [-0.25, -0.2) is 9.18 Å². The molecule has 3 rings (SSSR count). The average Bonchev–Trinajstić information content (AvgIpc) is 2.52. The highest BCUT2D eigenvalue weighted by Gasteiger charge is 2.36. The van der Waals surface area contributed by atoms with E-state index < -0.39 is 11.8 Å². The quantitative estimate of drug-likeness (QED) is 0.833. The fraction of sp³-hybridized carbons (Fsp3) is 0.300. The van der Waals surface area contributed by atoms with E-state index in [1.165, 1.54) is 37.4 Å². The van der Waals surface area contributed by atoms with E-state index >= 15 is 0 Å². The number of rotatable bonds is 2. The summed E-state index contributed by atoms with van der Waals surface area (Å²) in [4.78, 5) is 25.1. The van der Waals surface area contributed by atoms with E-state index in [1.807, 2.05) is 13.8 Å². The molecule has 25 heavy (non-hydrogen) atoms. The van der Waals surface area contributed by atoms with Gasteiger partial charge in [-0.3, -0.25) is 4.79 Å². The zero-order valence-corrected chi connectivity index (χ0v) is 14.4. The van der Waals surface area contributed by atoms with E-state index in [9.17, 15) is 19.1 Å². The number of phenolic OH excluding ortho intramolecular Hbond substituents is 1. The number of aromatic hydroxyl groups is 1. The van der Waals surface area contributed by atoms with Crippen LogP contribution >= 0.6 is 0 Å². The molecule has 0 radical (unpaired) electrons. The Hall–Kier alpha value is -2.69. The molecular weight excluding hydrogens is 323 g/mol. The first-order valence-corrected chi connectivity index (χ1v) is 8.00. The molecule has 0 fully saturated rings. The van der Waals surface area contributed by atoms with Gasteiger partial charge < -0.3 is 9.84 Å². The highest BCUT2D eigenvalue weighted by atomic mass is 19.1. The number of hydrogen-bond donors (Lipinski definition) is 1. The molecule has 0 saturated carbocycles. The van der Waals surface area contributed by atoms with Gasteiger partial charge in [0, 0.05) is 17.5 Å². The van der Waals surface area contributed by atoms with Gasteiger partial charge in [0.15, 0.2) is 5.78 Å². The lowest BCUT2D eigenvalue weighted by molar-refractivity contribution is 0.0598. The molecule has 0 atom stereocenters. The number of fused-ring (bicyclic) bond motifs is 1. The predicted molar refractivity (Wildman–Crippen MR) is 91.3 cm³/mol. The molecule has 0 amide bonds. The van der Waals surface area contributed by atoms with E-state index in [1.54, 1.807) is 0 Å². The van der Waals surface area contributed by atoms with Crippen molar-refractivity contribution in [3.8, 4) is 16.9 Å². The molecule has 1 N–H and O–H groups in total. The van der Waals surface area contributed by atoms with Crippen molar-refractivity contribution < 1.29 is 23.8 Å². The second kappa shape index (κ2) is 5.99. The smallest absolute Gasteiger partial charge is 0.342 e. The van der Waals surface area contributed by atoms with Crippen LogP contribution in [0.5, 0.6) is 5.75 Å². The van der Waals surface area contributed by atoms with Crippen LogP contribution in [0.4, 0.5) is 4.39 Å². The number of carbonyl (C=O) groups is 2. The van der Waals surface area contributed by atoms with Gasteiger partial charge in [0.25, 0.3) is 0 Å². The lowest BCUT2D eigenvalue weighted by Crippen LogP contribution is -2.28. The summed E-state index contributed by atoms with van der Waals surface area (Å²) in [6.07, 6.45) is 0.927. The Balaban J connectivity index is 2.36. The fourth-order valence-electron chi connectivity index (χ4n) is 3.50. The molecule has 2 aromatic carbocycles. The zero-order valence-electron chi connectivity index (χ0n) is 14.4. The minimum atomic E-state index is -0.739. The van der Waals surface area contributed by atoms with Crippen molar-refractivity contribution in [2.24, 2.45) is 5.41 Å². The number of halogens is 1. The molecule has 1 aliphatic rings. The summed E-state index contributed by atoms with van der Waals surface area (Å²) in [7, 11) is 1.21. The van der Waals surface area contributed by atoms with E-state index in [0.717, 1.165) is 0 Å². The highest BCUT2D eigenvalue weighted by molar-refractivity contribution is 6.11. The second-order valence-electron chi connectivity index (χ2n) is 7.12. The van der Waals surface area contributed by atoms with Crippen LogP contribution in [-0.4, -0.2) is 24.0 Å². The van der Waals surface area contributed by atoms with Gasteiger partial charge in [0.2, 0.25) is 0 Å². The molecular formula is C20H19FO4. The van der Waals surface area contributed by atoms with Gasteiger partial charge in [-0.05, 0) is 41.2 Å². The number of ketones is 1. The predicted octanol–water partition coefficient (Wildman–Crippen LogP) is 4.14. The third-order valence-electron chi connectivity index (χ3n) is 4.50. The number of carbonyl (C=O) groups excluding carboxylic acids is 2. The number of methoxy groups -OCH3 is 1. The van der Waals surface area contributed by atoms with Crippen LogP contribution in [-0.2, 0) is 11.2 Å². The highest BCUT2D eigenvalue weighted by Crippen LogP contribution is 2.43. The molecule has 0 saturated heterocycles. The lowest BCUT2D eigenvalue weighted by atomic mass is 9.71. The Bertz CT molecular complexity index is 866. The van der Waals surface area contributed by atoms with E-state index in [4.69, 9.17) is 4.74 Å². The molecule has 1 aliphatic carbocycles. The Labute approximate surface area is 145 Å². The maximum absolute atomic E-state index is 13.3. The summed E-state index contributed by atoms with van der Waals surface area (Å²) in [5.74, 6) is -1.51. The number of Topliss-reactive ketones (excluding diaryl/α,β-unsaturated/α-hetero) is 1. The van der Waals surface area contributed by atoms with Crippen molar-refractivity contribution in [1.82, 2.24) is 0 Å². The van der Waals surface area contributed by atoms with Gasteiger partial charge in [-0.2, -0.15) is 0 Å². The number of hydrogen-bond acceptors (Lipinski definition) is 4. The van der Waals surface area contributed by atoms with Crippen molar-refractivity contribution in [3.63, 3.8) is 0 Å². The van der Waals surface area contributed by atoms with Crippen LogP contribution < -0.4 is 0 Å². The molecule has 130 valence electrons. The summed E-state index contributed by atoms with van der Waals surface area (Å²) in [5, 5.41) is 10.4. The van der Waals surface area contributed by atoms with Crippen molar-refractivity contribution in [2.75, 3.05) is 7.11 Å². The summed E-state index contributed by atoms with van der Waals surface area (Å²) >= 11 is 0. The monoisotopic (exact) mass is 342 g/mol. The van der Waals surface area contributed by atoms with Crippen molar-refractivity contribution in [3.05, 3.63) is 52.8 Å². The molecule has 0 unspecified atom stereocenters. The largest absolute Gasteiger partial charge is 0.507 e. The normalized spacial score (nSPS) is 15.6. The maximum Gasteiger partial charge on any atom is 0.342 e. The number of ether oxygens (including phenoxy) is 1. The number of phenols is 1. The third-order valence-corrected chi connectivity index (χ3v) is 4.50. The topological polar surface area (TPSA) is 63.6 Å². The van der Waals surface area contributed by atoms with Crippen molar-refractivity contribution >= 4 is 11.8 Å². The molecule has 0 aliphatic heterocycles. The Morgan fingerprint density at radius 2 is 1.80 bits per heavy atom. The minimum Gasteiger partial charge on any atom is -0.507 e. The Kier molecular flexibility index (Phi) is 4.11. The SMILES string of the molecule is COC(=O)c1c(O)cc2c(c1-c1ccc(F)cc1)C(=O)CC(C)(C)C2. The van der Waals surface area contributed by atoms with E-state index in [0.29, 0.717) is 35.1 Å². The molecule has 0 spiro atoms. The van der Waals surface area contributed by atoms with Gasteiger partial charge in [0.1, 0.15) is 17.1 Å². The molecule has 0 aromatic heterocycles. The molecule has 5 heteroatoms. The van der Waals surface area contributed by atoms with Gasteiger partial charge in [-0.15, -0.1) is 0 Å².